The van der Waals surface area contributed by atoms with E-state index in [0.29, 0.717) is 12.8 Å². The van der Waals surface area contributed by atoms with Crippen LogP contribution in [0.4, 0.5) is 19.3 Å². The molecule has 1 heterocycles. The summed E-state index contributed by atoms with van der Waals surface area (Å²) in [5.41, 5.74) is 0.885. The van der Waals surface area contributed by atoms with Gasteiger partial charge in [0.2, 0.25) is 0 Å². The van der Waals surface area contributed by atoms with Crippen molar-refractivity contribution in [2.45, 2.75) is 23.8 Å². The van der Waals surface area contributed by atoms with Crippen molar-refractivity contribution in [1.29, 1.82) is 0 Å². The van der Waals surface area contributed by atoms with E-state index in [-0.39, 0.29) is 17.1 Å². The average Bonchev–Trinajstić information content (AvgIpc) is 2.92. The molecular weight excluding hydrogens is 368 g/mol. The van der Waals surface area contributed by atoms with E-state index in [1.807, 2.05) is 0 Å². The summed E-state index contributed by atoms with van der Waals surface area (Å²) in [6, 6.07) is 8.51. The van der Waals surface area contributed by atoms with Gasteiger partial charge in [-0.15, -0.1) is 0 Å². The van der Waals surface area contributed by atoms with Gasteiger partial charge in [0.25, 0.3) is 10.1 Å². The van der Waals surface area contributed by atoms with Crippen LogP contribution in [0.25, 0.3) is 0 Å². The first-order valence-corrected chi connectivity index (χ1v) is 9.17. The lowest BCUT2D eigenvalue weighted by molar-refractivity contribution is 0.137. The van der Waals surface area contributed by atoms with Crippen LogP contribution < -0.4 is 4.90 Å². The molecule has 138 valence electrons. The van der Waals surface area contributed by atoms with Crippen molar-refractivity contribution in [2.75, 3.05) is 11.4 Å². The van der Waals surface area contributed by atoms with Gasteiger partial charge in [0, 0.05) is 6.07 Å². The first kappa shape index (κ1) is 18.3. The normalized spacial score (nSPS) is 17.4. The van der Waals surface area contributed by atoms with Crippen molar-refractivity contribution >= 4 is 21.9 Å². The van der Waals surface area contributed by atoms with Crippen LogP contribution >= 0.6 is 0 Å². The molecular formula is C17H15F2NO5S. The van der Waals surface area contributed by atoms with Crippen LogP contribution in [0.15, 0.2) is 47.4 Å². The molecule has 0 saturated carbocycles. The number of aryl methyl sites for hydroxylation is 1. The molecule has 1 saturated heterocycles. The maximum Gasteiger partial charge on any atom is 0.414 e. The van der Waals surface area contributed by atoms with Crippen LogP contribution in [-0.4, -0.2) is 31.7 Å². The smallest absolute Gasteiger partial charge is 0.414 e. The third-order valence-electron chi connectivity index (χ3n) is 4.01. The molecule has 0 aliphatic carbocycles. The summed E-state index contributed by atoms with van der Waals surface area (Å²) in [6.07, 6.45) is -0.197. The topological polar surface area (TPSA) is 83.9 Å². The van der Waals surface area contributed by atoms with Gasteiger partial charge in [0.1, 0.15) is 17.7 Å². The molecule has 9 heteroatoms. The average molecular weight is 383 g/mol. The van der Waals surface area contributed by atoms with Crippen LogP contribution in [0.5, 0.6) is 0 Å². The summed E-state index contributed by atoms with van der Waals surface area (Å²) in [7, 11) is -4.24. The Bertz CT molecular complexity index is 910. The maximum atomic E-state index is 13.3. The van der Waals surface area contributed by atoms with Crippen LogP contribution in [0.1, 0.15) is 12.0 Å². The van der Waals surface area contributed by atoms with E-state index in [9.17, 15) is 22.0 Å². The molecule has 26 heavy (non-hydrogen) atoms. The Balaban J connectivity index is 1.63. The summed E-state index contributed by atoms with van der Waals surface area (Å²) >= 11 is 0. The molecule has 1 atom stereocenters. The first-order valence-electron chi connectivity index (χ1n) is 7.73. The zero-order chi connectivity index (χ0) is 18.9. The fourth-order valence-electron chi connectivity index (χ4n) is 2.73. The standard InChI is InChI=1S/C17H15F2NO5S/c18-12-7-13(19)9-14(8-12)20-10-15(25-17(20)21)4-1-11-2-5-16(6-3-11)26(22,23)24/h2-3,5-9,15H,1,4,10H2,(H,22,23,24). The molecule has 1 aliphatic heterocycles. The van der Waals surface area contributed by atoms with Crippen LogP contribution in [0.3, 0.4) is 0 Å². The molecule has 1 aliphatic rings. The molecule has 3 rings (SSSR count). The summed E-state index contributed by atoms with van der Waals surface area (Å²) in [5, 5.41) is 0. The third kappa shape index (κ3) is 4.17. The van der Waals surface area contributed by atoms with E-state index in [4.69, 9.17) is 9.29 Å². The van der Waals surface area contributed by atoms with Crippen LogP contribution in [0.2, 0.25) is 0 Å². The van der Waals surface area contributed by atoms with E-state index in [1.54, 1.807) is 12.1 Å². The molecule has 6 nitrogen and oxygen atoms in total. The van der Waals surface area contributed by atoms with E-state index >= 15 is 0 Å². The van der Waals surface area contributed by atoms with Gasteiger partial charge in [-0.05, 0) is 42.7 Å². The van der Waals surface area contributed by atoms with E-state index in [2.05, 4.69) is 0 Å². The minimum absolute atomic E-state index is 0.0903. The van der Waals surface area contributed by atoms with E-state index in [0.717, 1.165) is 28.7 Å². The first-order chi connectivity index (χ1) is 12.2. The molecule has 1 unspecified atom stereocenters. The highest BCUT2D eigenvalue weighted by Gasteiger charge is 2.32. The predicted molar refractivity (Wildman–Crippen MR) is 88.6 cm³/mol. The third-order valence-corrected chi connectivity index (χ3v) is 4.88. The molecule has 2 aromatic rings. The Labute approximate surface area is 148 Å². The fourth-order valence-corrected chi connectivity index (χ4v) is 3.21. The summed E-state index contributed by atoms with van der Waals surface area (Å²) < 4.78 is 62.8. The monoisotopic (exact) mass is 383 g/mol. The van der Waals surface area contributed by atoms with Crippen LogP contribution in [0, 0.1) is 11.6 Å². The molecule has 1 N–H and O–H groups in total. The van der Waals surface area contributed by atoms with Gasteiger partial charge in [-0.2, -0.15) is 8.42 Å². The largest absolute Gasteiger partial charge is 0.444 e. The van der Waals surface area contributed by atoms with E-state index < -0.39 is 33.9 Å². The number of amides is 1. The van der Waals surface area contributed by atoms with Crippen LogP contribution in [-0.2, 0) is 21.3 Å². The highest BCUT2D eigenvalue weighted by Crippen LogP contribution is 2.25. The Hall–Kier alpha value is -2.52. The van der Waals surface area contributed by atoms with Gasteiger partial charge in [-0.1, -0.05) is 12.1 Å². The zero-order valence-electron chi connectivity index (χ0n) is 13.4. The second-order valence-corrected chi connectivity index (χ2v) is 7.32. The van der Waals surface area contributed by atoms with Gasteiger partial charge in [-0.3, -0.25) is 9.45 Å². The van der Waals surface area contributed by atoms with Crippen molar-refractivity contribution in [3.8, 4) is 0 Å². The number of cyclic esters (lactones) is 1. The number of nitrogens with zero attached hydrogens (tertiary/aromatic N) is 1. The number of hydrogen-bond donors (Lipinski definition) is 1. The molecule has 0 aromatic heterocycles. The van der Waals surface area contributed by atoms with Gasteiger partial charge in [0.15, 0.2) is 0 Å². The SMILES string of the molecule is O=C1OC(CCc2ccc(S(=O)(=O)O)cc2)CN1c1cc(F)cc(F)c1. The van der Waals surface area contributed by atoms with Gasteiger partial charge in [0.05, 0.1) is 17.1 Å². The van der Waals surface area contributed by atoms with Crippen molar-refractivity contribution in [2.24, 2.45) is 0 Å². The molecule has 0 spiro atoms. The molecule has 1 amide bonds. The quantitative estimate of drug-likeness (QED) is 0.802. The second-order valence-electron chi connectivity index (χ2n) is 5.90. The number of carbonyl (C=O) groups excluding carboxylic acids is 1. The summed E-state index contributed by atoms with van der Waals surface area (Å²) in [6.45, 7) is 0.158. The zero-order valence-corrected chi connectivity index (χ0v) is 14.2. The lowest BCUT2D eigenvalue weighted by atomic mass is 10.1. The molecule has 0 bridgehead atoms. The second kappa shape index (κ2) is 7.00. The van der Waals surface area contributed by atoms with Gasteiger partial charge >= 0.3 is 6.09 Å². The Morgan fingerprint density at radius 1 is 1.12 bits per heavy atom. The minimum Gasteiger partial charge on any atom is -0.444 e. The maximum absolute atomic E-state index is 13.3. The van der Waals surface area contributed by atoms with Crippen molar-refractivity contribution in [3.05, 3.63) is 59.7 Å². The number of ether oxygens (including phenoxy) is 1. The molecule has 2 aromatic carbocycles. The van der Waals surface area contributed by atoms with Crippen molar-refractivity contribution in [3.63, 3.8) is 0 Å². The Morgan fingerprint density at radius 3 is 2.31 bits per heavy atom. The Morgan fingerprint density at radius 2 is 1.73 bits per heavy atom. The fraction of sp³-hybridized carbons (Fsp3) is 0.235. The summed E-state index contributed by atoms with van der Waals surface area (Å²) in [5.74, 6) is -1.56. The number of benzene rings is 2. The highest BCUT2D eigenvalue weighted by atomic mass is 32.2. The van der Waals surface area contributed by atoms with E-state index in [1.165, 1.54) is 12.1 Å². The number of hydrogen-bond acceptors (Lipinski definition) is 4. The predicted octanol–water partition coefficient (Wildman–Crippen LogP) is 3.17. The highest BCUT2D eigenvalue weighted by molar-refractivity contribution is 7.85. The number of carbonyl (C=O) groups is 1. The number of halogens is 2. The summed E-state index contributed by atoms with van der Waals surface area (Å²) in [4.78, 5) is 12.9. The van der Waals surface area contributed by atoms with Gasteiger partial charge < -0.3 is 4.74 Å². The lowest BCUT2D eigenvalue weighted by Crippen LogP contribution is -2.24. The lowest BCUT2D eigenvalue weighted by Gasteiger charge is -2.13. The Kier molecular flexibility index (Phi) is 4.92. The van der Waals surface area contributed by atoms with Gasteiger partial charge in [-0.25, -0.2) is 13.6 Å². The van der Waals surface area contributed by atoms with Crippen molar-refractivity contribution < 1.29 is 31.3 Å². The number of rotatable bonds is 5. The molecule has 1 fully saturated rings. The van der Waals surface area contributed by atoms with Crippen molar-refractivity contribution in [1.82, 2.24) is 0 Å². The minimum atomic E-state index is -4.24. The molecule has 0 radical (unpaired) electrons. The number of anilines is 1.